The van der Waals surface area contributed by atoms with Crippen LogP contribution >= 0.6 is 0 Å². The van der Waals surface area contributed by atoms with Crippen LogP contribution < -0.4 is 4.74 Å². The molecule has 2 aromatic carbocycles. The Morgan fingerprint density at radius 1 is 1.06 bits per heavy atom. The molecule has 0 heterocycles. The van der Waals surface area contributed by atoms with Crippen molar-refractivity contribution < 1.29 is 14.2 Å². The average Bonchev–Trinajstić information content (AvgIpc) is 2.31. The molecule has 1 atom stereocenters. The highest BCUT2D eigenvalue weighted by atomic mass is 19.1. The zero-order chi connectivity index (χ0) is 13.1. The number of aliphatic hydroxyl groups excluding tert-OH is 1. The molecule has 0 spiro atoms. The first-order chi connectivity index (χ1) is 8.59. The smallest absolute Gasteiger partial charge is 0.136 e. The highest BCUT2D eigenvalue weighted by molar-refractivity contribution is 5.42. The summed E-state index contributed by atoms with van der Waals surface area (Å²) in [4.78, 5) is 0. The van der Waals surface area contributed by atoms with Crippen LogP contribution in [0.25, 0.3) is 0 Å². The topological polar surface area (TPSA) is 29.5 Å². The van der Waals surface area contributed by atoms with E-state index in [2.05, 4.69) is 0 Å². The minimum Gasteiger partial charge on any atom is -0.457 e. The van der Waals surface area contributed by atoms with E-state index in [1.165, 1.54) is 13.0 Å². The van der Waals surface area contributed by atoms with E-state index >= 15 is 0 Å². The van der Waals surface area contributed by atoms with Gasteiger partial charge < -0.3 is 9.84 Å². The van der Waals surface area contributed by atoms with E-state index < -0.39 is 11.9 Å². The highest BCUT2D eigenvalue weighted by Crippen LogP contribution is 2.32. The van der Waals surface area contributed by atoms with E-state index in [9.17, 15) is 9.50 Å². The Kier molecular flexibility index (Phi) is 3.63. The predicted octanol–water partition coefficient (Wildman–Crippen LogP) is 3.98. The number of rotatable bonds is 3. The number of para-hydroxylation sites is 1. The Hall–Kier alpha value is -1.87. The third-order valence-electron chi connectivity index (χ3n) is 2.74. The van der Waals surface area contributed by atoms with Gasteiger partial charge in [0.1, 0.15) is 17.3 Å². The normalized spacial score (nSPS) is 12.2. The zero-order valence-electron chi connectivity index (χ0n) is 10.4. The number of benzene rings is 2. The molecule has 0 aliphatic rings. The van der Waals surface area contributed by atoms with E-state index in [-0.39, 0.29) is 5.56 Å². The lowest BCUT2D eigenvalue weighted by atomic mass is 10.1. The second-order valence-corrected chi connectivity index (χ2v) is 4.20. The van der Waals surface area contributed by atoms with E-state index in [0.29, 0.717) is 11.5 Å². The van der Waals surface area contributed by atoms with E-state index in [0.717, 1.165) is 5.56 Å². The van der Waals surface area contributed by atoms with Gasteiger partial charge in [0, 0.05) is 0 Å². The molecule has 3 heteroatoms. The molecule has 0 bridgehead atoms. The number of hydrogen-bond acceptors (Lipinski definition) is 2. The molecule has 2 rings (SSSR count). The Morgan fingerprint density at radius 2 is 1.72 bits per heavy atom. The quantitative estimate of drug-likeness (QED) is 0.887. The lowest BCUT2D eigenvalue weighted by molar-refractivity contribution is 0.190. The molecule has 0 aromatic heterocycles. The van der Waals surface area contributed by atoms with Gasteiger partial charge in [-0.15, -0.1) is 0 Å². The SMILES string of the molecule is Cc1ccccc1Oc1cccc(F)c1C(C)O. The molecule has 0 amide bonds. The van der Waals surface area contributed by atoms with Gasteiger partial charge in [0.2, 0.25) is 0 Å². The van der Waals surface area contributed by atoms with Crippen molar-refractivity contribution in [3.8, 4) is 11.5 Å². The first-order valence-corrected chi connectivity index (χ1v) is 5.79. The second-order valence-electron chi connectivity index (χ2n) is 4.20. The third-order valence-corrected chi connectivity index (χ3v) is 2.74. The van der Waals surface area contributed by atoms with Crippen LogP contribution in [0.4, 0.5) is 4.39 Å². The Balaban J connectivity index is 2.41. The van der Waals surface area contributed by atoms with Crippen molar-refractivity contribution in [2.75, 3.05) is 0 Å². The van der Waals surface area contributed by atoms with Crippen LogP contribution in [0.5, 0.6) is 11.5 Å². The summed E-state index contributed by atoms with van der Waals surface area (Å²) in [6.45, 7) is 3.43. The molecule has 2 nitrogen and oxygen atoms in total. The molecule has 0 fully saturated rings. The summed E-state index contributed by atoms with van der Waals surface area (Å²) in [5, 5.41) is 9.61. The fourth-order valence-corrected chi connectivity index (χ4v) is 1.80. The maximum absolute atomic E-state index is 13.7. The van der Waals surface area contributed by atoms with E-state index in [1.807, 2.05) is 31.2 Å². The fourth-order valence-electron chi connectivity index (χ4n) is 1.80. The van der Waals surface area contributed by atoms with Crippen molar-refractivity contribution >= 4 is 0 Å². The molecule has 1 unspecified atom stereocenters. The van der Waals surface area contributed by atoms with Crippen molar-refractivity contribution in [3.05, 3.63) is 59.4 Å². The summed E-state index contributed by atoms with van der Waals surface area (Å²) in [7, 11) is 0. The lowest BCUT2D eigenvalue weighted by Crippen LogP contribution is -2.00. The summed E-state index contributed by atoms with van der Waals surface area (Å²) in [5.41, 5.74) is 1.14. The van der Waals surface area contributed by atoms with Gasteiger partial charge >= 0.3 is 0 Å². The molecule has 0 saturated heterocycles. The zero-order valence-corrected chi connectivity index (χ0v) is 10.4. The number of aliphatic hydroxyl groups is 1. The Bertz CT molecular complexity index is 550. The lowest BCUT2D eigenvalue weighted by Gasteiger charge is -2.15. The van der Waals surface area contributed by atoms with Gasteiger partial charge in [-0.2, -0.15) is 0 Å². The molecule has 0 saturated carbocycles. The predicted molar refractivity (Wildman–Crippen MR) is 68.3 cm³/mol. The van der Waals surface area contributed by atoms with Crippen LogP contribution in [-0.4, -0.2) is 5.11 Å². The monoisotopic (exact) mass is 246 g/mol. The minimum absolute atomic E-state index is 0.181. The summed E-state index contributed by atoms with van der Waals surface area (Å²) in [6.07, 6.45) is -0.912. The van der Waals surface area contributed by atoms with Crippen molar-refractivity contribution in [2.24, 2.45) is 0 Å². The molecule has 2 aromatic rings. The first kappa shape index (κ1) is 12.6. The summed E-state index contributed by atoms with van der Waals surface area (Å²) < 4.78 is 19.3. The summed E-state index contributed by atoms with van der Waals surface area (Å²) in [6, 6.07) is 12.0. The van der Waals surface area contributed by atoms with Gasteiger partial charge in [-0.3, -0.25) is 0 Å². The number of hydrogen-bond donors (Lipinski definition) is 1. The molecule has 0 aliphatic carbocycles. The van der Waals surface area contributed by atoms with Crippen LogP contribution in [0.1, 0.15) is 24.2 Å². The van der Waals surface area contributed by atoms with Crippen LogP contribution in [0.15, 0.2) is 42.5 Å². The highest BCUT2D eigenvalue weighted by Gasteiger charge is 2.15. The first-order valence-electron chi connectivity index (χ1n) is 5.79. The largest absolute Gasteiger partial charge is 0.457 e. The number of aryl methyl sites for hydroxylation is 1. The standard InChI is InChI=1S/C15H15FO2/c1-10-6-3-4-8-13(10)18-14-9-5-7-12(16)15(14)11(2)17/h3-9,11,17H,1-2H3. The molecular formula is C15H15FO2. The maximum Gasteiger partial charge on any atom is 0.136 e. The van der Waals surface area contributed by atoms with Crippen LogP contribution in [0.2, 0.25) is 0 Å². The van der Waals surface area contributed by atoms with Crippen molar-refractivity contribution in [1.82, 2.24) is 0 Å². The van der Waals surface area contributed by atoms with Crippen LogP contribution in [0.3, 0.4) is 0 Å². The summed E-state index contributed by atoms with van der Waals surface area (Å²) >= 11 is 0. The third kappa shape index (κ3) is 2.51. The van der Waals surface area contributed by atoms with Gasteiger partial charge in [0.15, 0.2) is 0 Å². The van der Waals surface area contributed by atoms with E-state index in [4.69, 9.17) is 4.74 Å². The summed E-state index contributed by atoms with van der Waals surface area (Å²) in [5.74, 6) is 0.542. The van der Waals surface area contributed by atoms with E-state index in [1.54, 1.807) is 12.1 Å². The van der Waals surface area contributed by atoms with Gasteiger partial charge in [-0.1, -0.05) is 24.3 Å². The number of halogens is 1. The molecule has 94 valence electrons. The van der Waals surface area contributed by atoms with Crippen molar-refractivity contribution in [3.63, 3.8) is 0 Å². The van der Waals surface area contributed by atoms with Crippen LogP contribution in [-0.2, 0) is 0 Å². The van der Waals surface area contributed by atoms with Crippen molar-refractivity contribution in [1.29, 1.82) is 0 Å². The van der Waals surface area contributed by atoms with Crippen LogP contribution in [0, 0.1) is 12.7 Å². The molecule has 0 aliphatic heterocycles. The van der Waals surface area contributed by atoms with Crippen molar-refractivity contribution in [2.45, 2.75) is 20.0 Å². The van der Waals surface area contributed by atoms with Gasteiger partial charge in [-0.25, -0.2) is 4.39 Å². The van der Waals surface area contributed by atoms with Gasteiger partial charge in [-0.05, 0) is 37.6 Å². The number of ether oxygens (including phenoxy) is 1. The molecule has 18 heavy (non-hydrogen) atoms. The minimum atomic E-state index is -0.912. The Morgan fingerprint density at radius 3 is 2.39 bits per heavy atom. The molecular weight excluding hydrogens is 231 g/mol. The van der Waals surface area contributed by atoms with Gasteiger partial charge in [0.05, 0.1) is 11.7 Å². The molecule has 0 radical (unpaired) electrons. The fraction of sp³-hybridized carbons (Fsp3) is 0.200. The maximum atomic E-state index is 13.7. The molecule has 1 N–H and O–H groups in total. The average molecular weight is 246 g/mol. The van der Waals surface area contributed by atoms with Gasteiger partial charge in [0.25, 0.3) is 0 Å². The Labute approximate surface area is 106 Å². The second kappa shape index (κ2) is 5.19.